The summed E-state index contributed by atoms with van der Waals surface area (Å²) in [6, 6.07) is -0.0746. The summed E-state index contributed by atoms with van der Waals surface area (Å²) in [7, 11) is 1.52. The van der Waals surface area contributed by atoms with Crippen molar-refractivity contribution >= 4 is 22.5 Å². The first kappa shape index (κ1) is 13.6. The maximum absolute atomic E-state index is 11.9. The fourth-order valence-corrected chi connectivity index (χ4v) is 2.97. The Balaban J connectivity index is 1.47. The van der Waals surface area contributed by atoms with Crippen LogP contribution in [0.4, 0.5) is 9.93 Å². The third-order valence-corrected chi connectivity index (χ3v) is 4.40. The van der Waals surface area contributed by atoms with Gasteiger partial charge < -0.3 is 14.8 Å². The van der Waals surface area contributed by atoms with Crippen LogP contribution in [0.15, 0.2) is 0 Å². The third kappa shape index (κ3) is 3.37. The molecule has 7 nitrogen and oxygen atoms in total. The van der Waals surface area contributed by atoms with Crippen LogP contribution in [-0.4, -0.2) is 42.1 Å². The smallest absolute Gasteiger partial charge is 0.321 e. The molecule has 0 spiro atoms. The zero-order chi connectivity index (χ0) is 13.9. The summed E-state index contributed by atoms with van der Waals surface area (Å²) in [6.45, 7) is 0.721. The summed E-state index contributed by atoms with van der Waals surface area (Å²) < 4.78 is 10.7. The minimum absolute atomic E-state index is 0.171. The quantitative estimate of drug-likeness (QED) is 0.882. The number of amides is 2. The van der Waals surface area contributed by atoms with Gasteiger partial charge in [0.05, 0.1) is 13.2 Å². The molecule has 110 valence electrons. The summed E-state index contributed by atoms with van der Waals surface area (Å²) in [5.41, 5.74) is 0. The topological polar surface area (TPSA) is 85.4 Å². The number of aromatic nitrogens is 2. The van der Waals surface area contributed by atoms with Crippen LogP contribution in [0.1, 0.15) is 25.7 Å². The molecule has 1 saturated carbocycles. The van der Waals surface area contributed by atoms with E-state index < -0.39 is 0 Å². The number of urea groups is 1. The first-order valence-electron chi connectivity index (χ1n) is 6.81. The molecule has 20 heavy (non-hydrogen) atoms. The van der Waals surface area contributed by atoms with Crippen LogP contribution in [0.3, 0.4) is 0 Å². The lowest BCUT2D eigenvalue weighted by Gasteiger charge is -2.30. The second kappa shape index (κ2) is 5.92. The summed E-state index contributed by atoms with van der Waals surface area (Å²) >= 11 is 1.20. The molecule has 2 atom stereocenters. The van der Waals surface area contributed by atoms with Crippen molar-refractivity contribution in [2.45, 2.75) is 37.8 Å². The molecular formula is C12H18N4O3S. The van der Waals surface area contributed by atoms with E-state index in [1.165, 1.54) is 31.3 Å². The van der Waals surface area contributed by atoms with Gasteiger partial charge in [0.2, 0.25) is 5.13 Å². The van der Waals surface area contributed by atoms with Crippen LogP contribution < -0.4 is 15.4 Å². The minimum atomic E-state index is -0.245. The average Bonchev–Trinajstić information content (AvgIpc) is 3.20. The molecule has 0 aromatic carbocycles. The largest absolute Gasteiger partial charge is 0.472 e. The highest BCUT2D eigenvalue weighted by atomic mass is 32.1. The van der Waals surface area contributed by atoms with Crippen LogP contribution in [0.2, 0.25) is 0 Å². The molecule has 2 amide bonds. The van der Waals surface area contributed by atoms with Gasteiger partial charge in [-0.15, -0.1) is 5.10 Å². The molecule has 1 aromatic rings. The van der Waals surface area contributed by atoms with E-state index in [1.807, 2.05) is 0 Å². The van der Waals surface area contributed by atoms with Gasteiger partial charge in [-0.05, 0) is 42.9 Å². The fourth-order valence-electron chi connectivity index (χ4n) is 2.42. The summed E-state index contributed by atoms with van der Waals surface area (Å²) in [5, 5.41) is 14.1. The highest BCUT2D eigenvalue weighted by molar-refractivity contribution is 7.17. The number of anilines is 1. The van der Waals surface area contributed by atoms with Crippen molar-refractivity contribution < 1.29 is 14.3 Å². The first-order chi connectivity index (χ1) is 9.74. The van der Waals surface area contributed by atoms with E-state index in [1.54, 1.807) is 0 Å². The number of methoxy groups -OCH3 is 1. The Hall–Kier alpha value is -1.41. The molecule has 2 N–H and O–H groups in total. The molecule has 2 aliphatic rings. The third-order valence-electron chi connectivity index (χ3n) is 3.60. The molecular weight excluding hydrogens is 280 g/mol. The van der Waals surface area contributed by atoms with Crippen LogP contribution >= 0.6 is 11.3 Å². The lowest BCUT2D eigenvalue weighted by Crippen LogP contribution is -2.44. The average molecular weight is 298 g/mol. The lowest BCUT2D eigenvalue weighted by atomic mass is 10.0. The predicted molar refractivity (Wildman–Crippen MR) is 74.1 cm³/mol. The van der Waals surface area contributed by atoms with E-state index >= 15 is 0 Å². The van der Waals surface area contributed by atoms with Gasteiger partial charge >= 0.3 is 6.03 Å². The Morgan fingerprint density at radius 3 is 2.95 bits per heavy atom. The number of ether oxygens (including phenoxy) is 2. The van der Waals surface area contributed by atoms with Crippen molar-refractivity contribution in [2.24, 2.45) is 5.92 Å². The van der Waals surface area contributed by atoms with Crippen molar-refractivity contribution in [3.05, 3.63) is 0 Å². The second-order valence-corrected chi connectivity index (χ2v) is 6.08. The standard InChI is InChI=1S/C12H18N4O3S/c1-18-12-16-15-11(20-12)14-10(17)13-8-4-5-19-9(6-8)7-2-3-7/h7-9H,2-6H2,1H3,(H2,13,14,15,17). The normalized spacial score (nSPS) is 26.1. The Labute approximate surface area is 121 Å². The SMILES string of the molecule is COc1nnc(NC(=O)NC2CCOC(C3CC3)C2)s1. The molecule has 1 aromatic heterocycles. The molecule has 2 unspecified atom stereocenters. The van der Waals surface area contributed by atoms with Crippen molar-refractivity contribution in [3.63, 3.8) is 0 Å². The highest BCUT2D eigenvalue weighted by Crippen LogP contribution is 2.38. The molecule has 0 radical (unpaired) electrons. The summed E-state index contributed by atoms with van der Waals surface area (Å²) in [5.74, 6) is 0.704. The first-order valence-corrected chi connectivity index (χ1v) is 7.63. The molecule has 0 bridgehead atoms. The van der Waals surface area contributed by atoms with E-state index in [2.05, 4.69) is 20.8 Å². The number of rotatable bonds is 4. The number of nitrogens with zero attached hydrogens (tertiary/aromatic N) is 2. The molecule has 8 heteroatoms. The number of nitrogens with one attached hydrogen (secondary N) is 2. The van der Waals surface area contributed by atoms with Crippen LogP contribution in [-0.2, 0) is 4.74 Å². The van der Waals surface area contributed by atoms with Crippen molar-refractivity contribution in [2.75, 3.05) is 19.0 Å². The van der Waals surface area contributed by atoms with Gasteiger partial charge in [-0.1, -0.05) is 5.10 Å². The highest BCUT2D eigenvalue weighted by Gasteiger charge is 2.36. The van der Waals surface area contributed by atoms with Crippen molar-refractivity contribution in [1.82, 2.24) is 15.5 Å². The molecule has 2 heterocycles. The van der Waals surface area contributed by atoms with Gasteiger partial charge in [-0.3, -0.25) is 5.32 Å². The van der Waals surface area contributed by atoms with E-state index in [9.17, 15) is 4.79 Å². The monoisotopic (exact) mass is 298 g/mol. The zero-order valence-corrected chi connectivity index (χ0v) is 12.1. The number of hydrogen-bond acceptors (Lipinski definition) is 6. The van der Waals surface area contributed by atoms with E-state index in [4.69, 9.17) is 9.47 Å². The summed E-state index contributed by atoms with van der Waals surface area (Å²) in [6.07, 6.45) is 4.59. The van der Waals surface area contributed by atoms with Gasteiger partial charge in [0.1, 0.15) is 0 Å². The Kier molecular flexibility index (Phi) is 4.02. The Morgan fingerprint density at radius 2 is 2.25 bits per heavy atom. The second-order valence-electron chi connectivity index (χ2n) is 5.14. The number of hydrogen-bond donors (Lipinski definition) is 2. The predicted octanol–water partition coefficient (Wildman–Crippen LogP) is 1.63. The molecule has 3 rings (SSSR count). The van der Waals surface area contributed by atoms with Gasteiger partial charge in [0.25, 0.3) is 5.19 Å². The molecule has 2 fully saturated rings. The van der Waals surface area contributed by atoms with E-state index in [-0.39, 0.29) is 12.1 Å². The summed E-state index contributed by atoms with van der Waals surface area (Å²) in [4.78, 5) is 11.9. The lowest BCUT2D eigenvalue weighted by molar-refractivity contribution is -0.00889. The Morgan fingerprint density at radius 1 is 1.40 bits per heavy atom. The maximum Gasteiger partial charge on any atom is 0.321 e. The van der Waals surface area contributed by atoms with Gasteiger partial charge in [0, 0.05) is 12.6 Å². The molecule has 1 saturated heterocycles. The maximum atomic E-state index is 11.9. The molecule has 1 aliphatic carbocycles. The van der Waals surface area contributed by atoms with Crippen molar-refractivity contribution in [3.8, 4) is 5.19 Å². The zero-order valence-electron chi connectivity index (χ0n) is 11.3. The molecule has 1 aliphatic heterocycles. The minimum Gasteiger partial charge on any atom is -0.472 e. The van der Waals surface area contributed by atoms with Crippen molar-refractivity contribution in [1.29, 1.82) is 0 Å². The van der Waals surface area contributed by atoms with Gasteiger partial charge in [-0.25, -0.2) is 4.79 Å². The van der Waals surface area contributed by atoms with Gasteiger partial charge in [-0.2, -0.15) is 0 Å². The van der Waals surface area contributed by atoms with E-state index in [0.29, 0.717) is 22.3 Å². The van der Waals surface area contributed by atoms with E-state index in [0.717, 1.165) is 19.4 Å². The Bertz CT molecular complexity index is 477. The van der Waals surface area contributed by atoms with Gasteiger partial charge in [0.15, 0.2) is 0 Å². The van der Waals surface area contributed by atoms with Crippen LogP contribution in [0.5, 0.6) is 5.19 Å². The van der Waals surface area contributed by atoms with Crippen LogP contribution in [0, 0.1) is 5.92 Å². The number of carbonyl (C=O) groups excluding carboxylic acids is 1. The fraction of sp³-hybridized carbons (Fsp3) is 0.750. The number of carbonyl (C=O) groups is 1. The van der Waals surface area contributed by atoms with Crippen LogP contribution in [0.25, 0.3) is 0 Å².